The van der Waals surface area contributed by atoms with Crippen LogP contribution in [0, 0.1) is 5.92 Å². The van der Waals surface area contributed by atoms with E-state index in [1.807, 2.05) is 23.1 Å². The molecule has 1 aromatic heterocycles. The second-order valence-electron chi connectivity index (χ2n) is 6.19. The minimum absolute atomic E-state index is 0.0546. The number of amides is 2. The van der Waals surface area contributed by atoms with E-state index in [1.165, 1.54) is 0 Å². The van der Waals surface area contributed by atoms with Crippen LogP contribution in [0.1, 0.15) is 33.6 Å². The first-order chi connectivity index (χ1) is 12.1. The monoisotopic (exact) mass is 401 g/mol. The Morgan fingerprint density at radius 2 is 1.84 bits per heavy atom. The second kappa shape index (κ2) is 8.25. The van der Waals surface area contributed by atoms with Crippen LogP contribution in [0.2, 0.25) is 0 Å². The highest BCUT2D eigenvalue weighted by Crippen LogP contribution is 2.19. The highest BCUT2D eigenvalue weighted by molar-refractivity contribution is 9.10. The van der Waals surface area contributed by atoms with Crippen LogP contribution in [0.25, 0.3) is 0 Å². The van der Waals surface area contributed by atoms with Crippen LogP contribution in [-0.4, -0.2) is 41.3 Å². The summed E-state index contributed by atoms with van der Waals surface area (Å²) in [5, 5.41) is 3.00. The number of halogens is 1. The molecule has 1 aliphatic rings. The molecule has 1 saturated heterocycles. The Balaban J connectivity index is 1.46. The molecule has 0 atom stereocenters. The lowest BCUT2D eigenvalue weighted by molar-refractivity contribution is 0.0684. The summed E-state index contributed by atoms with van der Waals surface area (Å²) in [6.45, 7) is 2.08. The molecule has 0 aliphatic carbocycles. The molecule has 0 bridgehead atoms. The van der Waals surface area contributed by atoms with Gasteiger partial charge >= 0.3 is 0 Å². The predicted octanol–water partition coefficient (Wildman–Crippen LogP) is 3.13. The van der Waals surface area contributed by atoms with Crippen molar-refractivity contribution in [1.29, 1.82) is 0 Å². The number of pyridine rings is 1. The first-order valence-electron chi connectivity index (χ1n) is 8.36. The number of carbonyl (C=O) groups is 2. The van der Waals surface area contributed by atoms with Crippen molar-refractivity contribution in [2.24, 2.45) is 5.92 Å². The molecule has 0 radical (unpaired) electrons. The smallest absolute Gasteiger partial charge is 0.253 e. The third kappa shape index (κ3) is 4.66. The van der Waals surface area contributed by atoms with Gasteiger partial charge in [-0.2, -0.15) is 0 Å². The third-order valence-electron chi connectivity index (χ3n) is 4.47. The van der Waals surface area contributed by atoms with E-state index in [-0.39, 0.29) is 11.8 Å². The fourth-order valence-electron chi connectivity index (χ4n) is 2.99. The molecule has 25 heavy (non-hydrogen) atoms. The van der Waals surface area contributed by atoms with Crippen LogP contribution >= 0.6 is 15.9 Å². The van der Waals surface area contributed by atoms with Gasteiger partial charge in [-0.05, 0) is 49.1 Å². The Labute approximate surface area is 155 Å². The molecule has 0 unspecified atom stereocenters. The molecule has 130 valence electrons. The standard InChI is InChI=1S/C19H20BrN3O2/c20-17-3-1-2-16(12-17)18(24)22-13-14-6-10-23(11-7-14)19(25)15-4-8-21-9-5-15/h1-5,8-9,12,14H,6-7,10-11,13H2,(H,22,24). The van der Waals surface area contributed by atoms with Gasteiger partial charge in [0.2, 0.25) is 0 Å². The first-order valence-corrected chi connectivity index (χ1v) is 9.16. The molecular formula is C19H20BrN3O2. The zero-order valence-corrected chi connectivity index (χ0v) is 15.4. The first kappa shape index (κ1) is 17.6. The van der Waals surface area contributed by atoms with Crippen LogP contribution < -0.4 is 5.32 Å². The van der Waals surface area contributed by atoms with Crippen molar-refractivity contribution in [2.75, 3.05) is 19.6 Å². The average Bonchev–Trinajstić information content (AvgIpc) is 2.66. The van der Waals surface area contributed by atoms with Gasteiger partial charge in [-0.3, -0.25) is 14.6 Å². The van der Waals surface area contributed by atoms with Crippen LogP contribution in [0.4, 0.5) is 0 Å². The Hall–Kier alpha value is -2.21. The number of nitrogens with one attached hydrogen (secondary N) is 1. The van der Waals surface area contributed by atoms with Crippen molar-refractivity contribution >= 4 is 27.7 Å². The van der Waals surface area contributed by atoms with Crippen LogP contribution in [0.3, 0.4) is 0 Å². The Bertz CT molecular complexity index is 743. The molecule has 1 N–H and O–H groups in total. The van der Waals surface area contributed by atoms with E-state index in [4.69, 9.17) is 0 Å². The summed E-state index contributed by atoms with van der Waals surface area (Å²) in [4.78, 5) is 30.4. The summed E-state index contributed by atoms with van der Waals surface area (Å²) >= 11 is 3.38. The maximum absolute atomic E-state index is 12.4. The van der Waals surface area contributed by atoms with E-state index in [9.17, 15) is 9.59 Å². The molecule has 3 rings (SSSR count). The van der Waals surface area contributed by atoms with Crippen LogP contribution in [0.5, 0.6) is 0 Å². The van der Waals surface area contributed by atoms with Gasteiger partial charge in [0.15, 0.2) is 0 Å². The van der Waals surface area contributed by atoms with E-state index < -0.39 is 0 Å². The van der Waals surface area contributed by atoms with E-state index in [2.05, 4.69) is 26.2 Å². The molecule has 5 nitrogen and oxygen atoms in total. The molecule has 2 heterocycles. The Morgan fingerprint density at radius 1 is 1.12 bits per heavy atom. The summed E-state index contributed by atoms with van der Waals surface area (Å²) in [5.74, 6) is 0.396. The average molecular weight is 402 g/mol. The number of likely N-dealkylation sites (tertiary alicyclic amines) is 1. The van der Waals surface area contributed by atoms with Crippen molar-refractivity contribution in [3.05, 3.63) is 64.4 Å². The van der Waals surface area contributed by atoms with Gasteiger partial charge in [0.25, 0.3) is 11.8 Å². The molecule has 6 heteroatoms. The summed E-state index contributed by atoms with van der Waals surface area (Å²) in [7, 11) is 0. The molecule has 1 aromatic carbocycles. The lowest BCUT2D eigenvalue weighted by Gasteiger charge is -2.32. The second-order valence-corrected chi connectivity index (χ2v) is 7.11. The number of carbonyl (C=O) groups excluding carboxylic acids is 2. The van der Waals surface area contributed by atoms with E-state index in [0.29, 0.717) is 23.6 Å². The number of piperidine rings is 1. The van der Waals surface area contributed by atoms with E-state index in [0.717, 1.165) is 30.4 Å². The van der Waals surface area contributed by atoms with Crippen molar-refractivity contribution in [1.82, 2.24) is 15.2 Å². The van der Waals surface area contributed by atoms with Gasteiger partial charge in [0, 0.05) is 47.6 Å². The largest absolute Gasteiger partial charge is 0.352 e. The lowest BCUT2D eigenvalue weighted by atomic mass is 9.96. The van der Waals surface area contributed by atoms with E-state index >= 15 is 0 Å². The van der Waals surface area contributed by atoms with Crippen molar-refractivity contribution in [3.8, 4) is 0 Å². The van der Waals surface area contributed by atoms with Gasteiger partial charge in [0.05, 0.1) is 0 Å². The lowest BCUT2D eigenvalue weighted by Crippen LogP contribution is -2.41. The minimum atomic E-state index is -0.0587. The normalized spacial score (nSPS) is 15.0. The van der Waals surface area contributed by atoms with E-state index in [1.54, 1.807) is 30.6 Å². The number of nitrogens with zero attached hydrogens (tertiary/aromatic N) is 2. The third-order valence-corrected chi connectivity index (χ3v) is 4.96. The zero-order valence-electron chi connectivity index (χ0n) is 13.8. The molecule has 1 fully saturated rings. The van der Waals surface area contributed by atoms with Crippen molar-refractivity contribution < 1.29 is 9.59 Å². The Kier molecular flexibility index (Phi) is 5.81. The summed E-state index contributed by atoms with van der Waals surface area (Å²) < 4.78 is 0.892. The highest BCUT2D eigenvalue weighted by Gasteiger charge is 2.24. The van der Waals surface area contributed by atoms with Crippen LogP contribution in [0.15, 0.2) is 53.3 Å². The molecular weight excluding hydrogens is 382 g/mol. The molecule has 1 aliphatic heterocycles. The van der Waals surface area contributed by atoms with Gasteiger partial charge < -0.3 is 10.2 Å². The molecule has 0 spiro atoms. The number of benzene rings is 1. The molecule has 2 aromatic rings. The fraction of sp³-hybridized carbons (Fsp3) is 0.316. The quantitative estimate of drug-likeness (QED) is 0.855. The van der Waals surface area contributed by atoms with Crippen molar-refractivity contribution in [3.63, 3.8) is 0 Å². The number of aromatic nitrogens is 1. The Morgan fingerprint density at radius 3 is 2.52 bits per heavy atom. The SMILES string of the molecule is O=C(NCC1CCN(C(=O)c2ccncc2)CC1)c1cccc(Br)c1. The number of hydrogen-bond acceptors (Lipinski definition) is 3. The number of hydrogen-bond donors (Lipinski definition) is 1. The fourth-order valence-corrected chi connectivity index (χ4v) is 3.39. The van der Waals surface area contributed by atoms with Gasteiger partial charge in [0.1, 0.15) is 0 Å². The maximum atomic E-state index is 12.4. The van der Waals surface area contributed by atoms with Gasteiger partial charge in [-0.25, -0.2) is 0 Å². The minimum Gasteiger partial charge on any atom is -0.352 e. The summed E-state index contributed by atoms with van der Waals surface area (Å²) in [6, 6.07) is 10.8. The highest BCUT2D eigenvalue weighted by atomic mass is 79.9. The van der Waals surface area contributed by atoms with Crippen molar-refractivity contribution in [2.45, 2.75) is 12.8 Å². The van der Waals surface area contributed by atoms with Crippen LogP contribution in [-0.2, 0) is 0 Å². The molecule has 2 amide bonds. The topological polar surface area (TPSA) is 62.3 Å². The zero-order chi connectivity index (χ0) is 17.6. The van der Waals surface area contributed by atoms with Gasteiger partial charge in [-0.15, -0.1) is 0 Å². The number of rotatable bonds is 4. The predicted molar refractivity (Wildman–Crippen MR) is 99.3 cm³/mol. The summed E-state index contributed by atoms with van der Waals surface area (Å²) in [5.41, 5.74) is 1.33. The summed E-state index contributed by atoms with van der Waals surface area (Å²) in [6.07, 6.45) is 5.07. The molecule has 0 saturated carbocycles. The van der Waals surface area contributed by atoms with Gasteiger partial charge in [-0.1, -0.05) is 22.0 Å². The maximum Gasteiger partial charge on any atom is 0.253 e.